The van der Waals surface area contributed by atoms with E-state index < -0.39 is 0 Å². The van der Waals surface area contributed by atoms with Crippen LogP contribution >= 0.6 is 45.9 Å². The average Bonchev–Trinajstić information content (AvgIpc) is 3.20. The van der Waals surface area contributed by atoms with Crippen LogP contribution in [0, 0.1) is 0 Å². The number of rotatable bonds is 5. The molecular weight excluding hydrogens is 463 g/mol. The van der Waals surface area contributed by atoms with Gasteiger partial charge in [-0.1, -0.05) is 82.3 Å². The van der Waals surface area contributed by atoms with Gasteiger partial charge in [0.05, 0.1) is 33.6 Å². The van der Waals surface area contributed by atoms with Gasteiger partial charge in [0.15, 0.2) is 0 Å². The van der Waals surface area contributed by atoms with Crippen molar-refractivity contribution in [2.75, 3.05) is 0 Å². The van der Waals surface area contributed by atoms with Gasteiger partial charge < -0.3 is 0 Å². The lowest BCUT2D eigenvalue weighted by molar-refractivity contribution is 1.04. The molecule has 0 unspecified atom stereocenters. The fourth-order valence-corrected chi connectivity index (χ4v) is 4.95. The summed E-state index contributed by atoms with van der Waals surface area (Å²) in [6.07, 6.45) is 2.80. The normalized spacial score (nSPS) is 11.7. The maximum atomic E-state index is 12.3. The number of aromatic nitrogens is 2. The lowest BCUT2D eigenvalue weighted by Gasteiger charge is -2.02. The van der Waals surface area contributed by atoms with E-state index in [0.717, 1.165) is 22.7 Å². The van der Waals surface area contributed by atoms with Crippen LogP contribution in [0.4, 0.5) is 0 Å². The van der Waals surface area contributed by atoms with Gasteiger partial charge in [-0.15, -0.1) is 0 Å². The summed E-state index contributed by atoms with van der Waals surface area (Å²) in [4.78, 5) is 25.1. The van der Waals surface area contributed by atoms with Crippen LogP contribution in [-0.2, 0) is 0 Å². The Hall–Kier alpha value is -2.78. The molecule has 0 saturated carbocycles. The van der Waals surface area contributed by atoms with Gasteiger partial charge in [0, 0.05) is 0 Å². The number of hydrogen-bond acceptors (Lipinski definition) is 6. The van der Waals surface area contributed by atoms with Crippen LogP contribution in [0.1, 0.15) is 9.75 Å². The monoisotopic (exact) mass is 474 g/mol. The average molecular weight is 475 g/mol. The lowest BCUT2D eigenvalue weighted by Crippen LogP contribution is -2.10. The van der Waals surface area contributed by atoms with E-state index >= 15 is 0 Å². The summed E-state index contributed by atoms with van der Waals surface area (Å²) in [6.45, 7) is 0. The highest BCUT2D eigenvalue weighted by molar-refractivity contribution is 7.12. The molecule has 0 aliphatic rings. The van der Waals surface area contributed by atoms with Crippen molar-refractivity contribution in [2.45, 2.75) is 0 Å². The lowest BCUT2D eigenvalue weighted by atomic mass is 10.3. The molecule has 30 heavy (non-hydrogen) atoms. The molecule has 0 spiro atoms. The van der Waals surface area contributed by atoms with Crippen LogP contribution in [0.15, 0.2) is 80.5 Å². The van der Waals surface area contributed by atoms with E-state index in [-0.39, 0.29) is 20.1 Å². The van der Waals surface area contributed by atoms with Crippen molar-refractivity contribution in [1.82, 2.24) is 9.13 Å². The third-order valence-corrected chi connectivity index (χ3v) is 6.73. The van der Waals surface area contributed by atoms with Crippen molar-refractivity contribution in [3.8, 4) is 11.4 Å². The zero-order chi connectivity index (χ0) is 21.1. The maximum absolute atomic E-state index is 12.3. The zero-order valence-corrected chi connectivity index (χ0v) is 18.3. The smallest absolute Gasteiger partial charge is 0.257 e. The number of nitrogens with zero attached hydrogens (tertiary/aromatic N) is 4. The Bertz CT molecular complexity index is 1250. The summed E-state index contributed by atoms with van der Waals surface area (Å²) in [5.74, 6) is 0. The third-order valence-electron chi connectivity index (χ3n) is 4.00. The van der Waals surface area contributed by atoms with Crippen LogP contribution in [0.5, 0.6) is 0 Å². The first-order valence-corrected chi connectivity index (χ1v) is 10.9. The molecule has 0 saturated heterocycles. The van der Waals surface area contributed by atoms with E-state index in [1.165, 1.54) is 21.6 Å². The molecule has 0 aliphatic carbocycles. The number of thiazole rings is 2. The van der Waals surface area contributed by atoms with Crippen LogP contribution in [0.3, 0.4) is 0 Å². The Kier molecular flexibility index (Phi) is 6.10. The molecule has 0 N–H and O–H groups in total. The van der Waals surface area contributed by atoms with E-state index in [9.17, 15) is 9.59 Å². The van der Waals surface area contributed by atoms with Gasteiger partial charge in [0.2, 0.25) is 0 Å². The number of hydrogen-bond donors (Lipinski definition) is 0. The molecule has 0 fully saturated rings. The molecule has 0 amide bonds. The fraction of sp³-hybridized carbons (Fsp3) is 0. The molecule has 0 radical (unpaired) electrons. The van der Waals surface area contributed by atoms with Crippen molar-refractivity contribution < 1.29 is 0 Å². The standard InChI is InChI=1S/C20H12Cl2N4O2S2/c21-17-15(29-19(27)25(17)13-7-3-1-4-8-13)11-23-24-12-16-18(22)26(20(28)30-16)14-9-5-2-6-10-14/h1-12H/b23-11-,24-12-. The van der Waals surface area contributed by atoms with E-state index in [4.69, 9.17) is 23.2 Å². The van der Waals surface area contributed by atoms with Crippen molar-refractivity contribution in [1.29, 1.82) is 0 Å². The van der Waals surface area contributed by atoms with Crippen LogP contribution in [0.2, 0.25) is 10.3 Å². The molecule has 150 valence electrons. The predicted octanol–water partition coefficient (Wildman–Crippen LogP) is 4.87. The Balaban J connectivity index is 1.58. The van der Waals surface area contributed by atoms with Gasteiger partial charge in [0.1, 0.15) is 10.3 Å². The summed E-state index contributed by atoms with van der Waals surface area (Å²) < 4.78 is 2.81. The second kappa shape index (κ2) is 8.93. The van der Waals surface area contributed by atoms with Crippen molar-refractivity contribution in [3.05, 3.63) is 100 Å². The molecule has 0 bridgehead atoms. The highest BCUT2D eigenvalue weighted by Gasteiger charge is 2.14. The van der Waals surface area contributed by atoms with Gasteiger partial charge in [-0.05, 0) is 24.3 Å². The molecule has 2 heterocycles. The Labute approximate surface area is 188 Å². The quantitative estimate of drug-likeness (QED) is 0.305. The largest absolute Gasteiger partial charge is 0.313 e. The van der Waals surface area contributed by atoms with Gasteiger partial charge >= 0.3 is 9.75 Å². The molecule has 4 aromatic rings. The molecule has 10 heteroatoms. The van der Waals surface area contributed by atoms with E-state index in [1.54, 1.807) is 24.3 Å². The van der Waals surface area contributed by atoms with Crippen molar-refractivity contribution in [2.24, 2.45) is 10.2 Å². The number of benzene rings is 2. The second-order valence-electron chi connectivity index (χ2n) is 5.88. The fourth-order valence-electron chi connectivity index (χ4n) is 2.67. The van der Waals surface area contributed by atoms with Gasteiger partial charge in [-0.2, -0.15) is 10.2 Å². The Morgan fingerprint density at radius 1 is 0.667 bits per heavy atom. The van der Waals surface area contributed by atoms with Gasteiger partial charge in [0.25, 0.3) is 0 Å². The molecule has 2 aromatic heterocycles. The highest BCUT2D eigenvalue weighted by Crippen LogP contribution is 2.22. The summed E-state index contributed by atoms with van der Waals surface area (Å²) >= 11 is 14.6. The molecule has 4 rings (SSSR count). The third kappa shape index (κ3) is 4.08. The van der Waals surface area contributed by atoms with Crippen LogP contribution < -0.4 is 9.75 Å². The Morgan fingerprint density at radius 3 is 1.40 bits per heavy atom. The van der Waals surface area contributed by atoms with Gasteiger partial charge in [-0.3, -0.25) is 18.7 Å². The maximum Gasteiger partial charge on any atom is 0.313 e. The summed E-state index contributed by atoms with van der Waals surface area (Å²) in [6, 6.07) is 18.2. The van der Waals surface area contributed by atoms with Crippen LogP contribution in [-0.4, -0.2) is 21.6 Å². The first kappa shape index (κ1) is 20.5. The minimum Gasteiger partial charge on any atom is -0.257 e. The molecule has 0 aliphatic heterocycles. The van der Waals surface area contributed by atoms with Crippen molar-refractivity contribution >= 4 is 58.3 Å². The minimum absolute atomic E-state index is 0.224. The molecular formula is C20H12Cl2N4O2S2. The Morgan fingerprint density at radius 2 is 1.03 bits per heavy atom. The first-order chi connectivity index (χ1) is 14.6. The number of halogens is 2. The van der Waals surface area contributed by atoms with Crippen LogP contribution in [0.25, 0.3) is 11.4 Å². The molecule has 0 atom stereocenters. The highest BCUT2D eigenvalue weighted by atomic mass is 35.5. The van der Waals surface area contributed by atoms with E-state index in [1.807, 2.05) is 36.4 Å². The van der Waals surface area contributed by atoms with Gasteiger partial charge in [-0.25, -0.2) is 0 Å². The molecule has 6 nitrogen and oxygen atoms in total. The summed E-state index contributed by atoms with van der Waals surface area (Å²) in [7, 11) is 0. The van der Waals surface area contributed by atoms with Crippen molar-refractivity contribution in [3.63, 3.8) is 0 Å². The topological polar surface area (TPSA) is 68.7 Å². The molecule has 2 aromatic carbocycles. The zero-order valence-electron chi connectivity index (χ0n) is 15.1. The SMILES string of the molecule is O=c1sc(/C=N\N=C/c2sc(=O)n(-c3ccccc3)c2Cl)c(Cl)n1-c1ccccc1. The minimum atomic E-state index is -0.224. The van der Waals surface area contributed by atoms with E-state index in [0.29, 0.717) is 21.1 Å². The summed E-state index contributed by atoms with van der Waals surface area (Å²) in [5.41, 5.74) is 1.34. The first-order valence-electron chi connectivity index (χ1n) is 8.56. The number of para-hydroxylation sites is 2. The predicted molar refractivity (Wildman–Crippen MR) is 125 cm³/mol. The summed E-state index contributed by atoms with van der Waals surface area (Å²) in [5, 5.41) is 8.42. The second-order valence-corrected chi connectivity index (χ2v) is 8.58. The van der Waals surface area contributed by atoms with E-state index in [2.05, 4.69) is 10.2 Å².